The van der Waals surface area contributed by atoms with Gasteiger partial charge in [-0.3, -0.25) is 0 Å². The van der Waals surface area contributed by atoms with Crippen molar-refractivity contribution in [2.75, 3.05) is 7.11 Å². The molecule has 0 heterocycles. The highest BCUT2D eigenvalue weighted by Gasteiger charge is 2.06. The Balaban J connectivity index is 2.95. The third-order valence-corrected chi connectivity index (χ3v) is 1.93. The second-order valence-electron chi connectivity index (χ2n) is 3.06. The van der Waals surface area contributed by atoms with Crippen molar-refractivity contribution in [1.29, 1.82) is 0 Å². The number of hydrogen-bond acceptors (Lipinski definition) is 4. The molecule has 4 N–H and O–H groups in total. The number of carbonyl (C=O) groups excluding carboxylic acids is 1. The summed E-state index contributed by atoms with van der Waals surface area (Å²) in [6.07, 6.45) is 0. The van der Waals surface area contributed by atoms with Gasteiger partial charge in [-0.2, -0.15) is 5.10 Å². The van der Waals surface area contributed by atoms with Gasteiger partial charge in [0.25, 0.3) is 0 Å². The van der Waals surface area contributed by atoms with E-state index in [-0.39, 0.29) is 5.75 Å². The molecule has 0 bridgehead atoms. The number of benzene rings is 1. The summed E-state index contributed by atoms with van der Waals surface area (Å²) in [4.78, 5) is 10.4. The van der Waals surface area contributed by atoms with Crippen LogP contribution in [0, 0.1) is 0 Å². The summed E-state index contributed by atoms with van der Waals surface area (Å²) >= 11 is 0. The van der Waals surface area contributed by atoms with Crippen molar-refractivity contribution in [2.45, 2.75) is 6.92 Å². The van der Waals surface area contributed by atoms with Crippen LogP contribution in [0.25, 0.3) is 0 Å². The van der Waals surface area contributed by atoms with Crippen molar-refractivity contribution in [3.8, 4) is 11.5 Å². The lowest BCUT2D eigenvalue weighted by Crippen LogP contribution is -2.25. The number of nitrogens with one attached hydrogen (secondary N) is 1. The molecule has 0 radical (unpaired) electrons. The summed E-state index contributed by atoms with van der Waals surface area (Å²) in [6.45, 7) is 1.64. The predicted octanol–water partition coefficient (Wildman–Crippen LogP) is 0.793. The highest BCUT2D eigenvalue weighted by Crippen LogP contribution is 2.23. The average Bonchev–Trinajstić information content (AvgIpc) is 2.25. The van der Waals surface area contributed by atoms with E-state index in [0.717, 1.165) is 0 Å². The van der Waals surface area contributed by atoms with E-state index in [9.17, 15) is 9.90 Å². The van der Waals surface area contributed by atoms with Crippen molar-refractivity contribution < 1.29 is 14.6 Å². The molecule has 1 aromatic carbocycles. The first kappa shape index (κ1) is 11.8. The number of hydrogen-bond donors (Lipinski definition) is 3. The third-order valence-electron chi connectivity index (χ3n) is 1.93. The molecule has 1 aromatic rings. The van der Waals surface area contributed by atoms with Crippen molar-refractivity contribution in [1.82, 2.24) is 5.43 Å². The van der Waals surface area contributed by atoms with Crippen LogP contribution in [-0.4, -0.2) is 24.0 Å². The van der Waals surface area contributed by atoms with Crippen molar-refractivity contribution >= 4 is 11.7 Å². The number of carbonyl (C=O) groups is 1. The first-order valence-electron chi connectivity index (χ1n) is 4.51. The second kappa shape index (κ2) is 5.01. The van der Waals surface area contributed by atoms with E-state index in [1.807, 2.05) is 0 Å². The van der Waals surface area contributed by atoms with Gasteiger partial charge < -0.3 is 15.6 Å². The normalized spacial score (nSPS) is 11.0. The van der Waals surface area contributed by atoms with Crippen LogP contribution in [0.4, 0.5) is 4.79 Å². The largest absolute Gasteiger partial charge is 0.507 e. The number of phenols is 1. The Morgan fingerprint density at radius 3 is 2.75 bits per heavy atom. The molecule has 0 aromatic heterocycles. The van der Waals surface area contributed by atoms with Gasteiger partial charge in [0.1, 0.15) is 11.5 Å². The molecule has 0 spiro atoms. The number of rotatable bonds is 3. The highest BCUT2D eigenvalue weighted by molar-refractivity contribution is 6.01. The van der Waals surface area contributed by atoms with Crippen LogP contribution in [0.3, 0.4) is 0 Å². The minimum Gasteiger partial charge on any atom is -0.507 e. The van der Waals surface area contributed by atoms with Gasteiger partial charge in [0.05, 0.1) is 12.8 Å². The molecule has 0 fully saturated rings. The lowest BCUT2D eigenvalue weighted by atomic mass is 10.1. The van der Waals surface area contributed by atoms with E-state index in [4.69, 9.17) is 10.5 Å². The zero-order valence-electron chi connectivity index (χ0n) is 9.02. The number of primary amides is 1. The fourth-order valence-electron chi connectivity index (χ4n) is 1.14. The molecule has 2 amide bonds. The molecule has 86 valence electrons. The predicted molar refractivity (Wildman–Crippen MR) is 59.6 cm³/mol. The number of methoxy groups -OCH3 is 1. The molecule has 6 heteroatoms. The number of ether oxygens (including phenoxy) is 1. The maximum atomic E-state index is 10.4. The van der Waals surface area contributed by atoms with E-state index < -0.39 is 6.03 Å². The standard InChI is InChI=1S/C10H13N3O3/c1-6(12-13-10(11)15)8-4-3-7(16-2)5-9(8)14/h3-5,14H,1-2H3,(H3,11,13,15)/b12-6+. The topological polar surface area (TPSA) is 96.9 Å². The number of phenolic OH excluding ortho intramolecular Hbond substituents is 1. The van der Waals surface area contributed by atoms with E-state index >= 15 is 0 Å². The number of aromatic hydroxyl groups is 1. The Morgan fingerprint density at radius 2 is 2.25 bits per heavy atom. The van der Waals surface area contributed by atoms with Gasteiger partial charge in [0.2, 0.25) is 0 Å². The van der Waals surface area contributed by atoms with E-state index in [1.165, 1.54) is 13.2 Å². The summed E-state index contributed by atoms with van der Waals surface area (Å²) in [6, 6.07) is 4.01. The Bertz CT molecular complexity index is 429. The van der Waals surface area contributed by atoms with Gasteiger partial charge in [-0.25, -0.2) is 10.2 Å². The van der Waals surface area contributed by atoms with Crippen LogP contribution in [-0.2, 0) is 0 Å². The van der Waals surface area contributed by atoms with Gasteiger partial charge in [-0.05, 0) is 19.1 Å². The average molecular weight is 223 g/mol. The molecule has 0 aliphatic carbocycles. The minimum absolute atomic E-state index is 0.0203. The van der Waals surface area contributed by atoms with E-state index in [1.54, 1.807) is 19.1 Å². The summed E-state index contributed by atoms with van der Waals surface area (Å²) < 4.78 is 4.94. The number of hydrazone groups is 1. The van der Waals surface area contributed by atoms with Gasteiger partial charge in [0.15, 0.2) is 0 Å². The molecule has 6 nitrogen and oxygen atoms in total. The molecule has 0 atom stereocenters. The smallest absolute Gasteiger partial charge is 0.332 e. The summed E-state index contributed by atoms with van der Waals surface area (Å²) in [5.41, 5.74) is 7.89. The van der Waals surface area contributed by atoms with Crippen LogP contribution in [0.1, 0.15) is 12.5 Å². The maximum Gasteiger partial charge on any atom is 0.332 e. The summed E-state index contributed by atoms with van der Waals surface area (Å²) in [5, 5.41) is 13.4. The SMILES string of the molecule is COc1ccc(/C(C)=N/NC(N)=O)c(O)c1. The minimum atomic E-state index is -0.757. The monoisotopic (exact) mass is 223 g/mol. The summed E-state index contributed by atoms with van der Waals surface area (Å²) in [7, 11) is 1.50. The lowest BCUT2D eigenvalue weighted by Gasteiger charge is -2.06. The van der Waals surface area contributed by atoms with Crippen molar-refractivity contribution in [3.05, 3.63) is 23.8 Å². The molecular weight excluding hydrogens is 210 g/mol. The molecule has 0 saturated heterocycles. The molecule has 0 saturated carbocycles. The molecule has 0 aliphatic heterocycles. The van der Waals surface area contributed by atoms with Crippen LogP contribution in [0.5, 0.6) is 11.5 Å². The zero-order chi connectivity index (χ0) is 12.1. The summed E-state index contributed by atoms with van der Waals surface area (Å²) in [5.74, 6) is 0.559. The van der Waals surface area contributed by atoms with Gasteiger partial charge in [-0.15, -0.1) is 0 Å². The van der Waals surface area contributed by atoms with Crippen LogP contribution < -0.4 is 15.9 Å². The molecule has 16 heavy (non-hydrogen) atoms. The van der Waals surface area contributed by atoms with E-state index in [2.05, 4.69) is 10.5 Å². The fraction of sp³-hybridized carbons (Fsp3) is 0.200. The van der Waals surface area contributed by atoms with Crippen LogP contribution in [0.15, 0.2) is 23.3 Å². The molecular formula is C10H13N3O3. The fourth-order valence-corrected chi connectivity index (χ4v) is 1.14. The highest BCUT2D eigenvalue weighted by atomic mass is 16.5. The first-order valence-corrected chi connectivity index (χ1v) is 4.51. The number of nitrogens with two attached hydrogens (primary N) is 1. The molecule has 0 aliphatic rings. The second-order valence-corrected chi connectivity index (χ2v) is 3.06. The Kier molecular flexibility index (Phi) is 3.71. The Morgan fingerprint density at radius 1 is 1.56 bits per heavy atom. The number of nitrogens with zero attached hydrogens (tertiary/aromatic N) is 1. The van der Waals surface area contributed by atoms with Crippen LogP contribution >= 0.6 is 0 Å². The third kappa shape index (κ3) is 2.88. The number of amides is 2. The van der Waals surface area contributed by atoms with Gasteiger partial charge in [0, 0.05) is 11.6 Å². The molecule has 0 unspecified atom stereocenters. The molecule has 1 rings (SSSR count). The lowest BCUT2D eigenvalue weighted by molar-refractivity contribution is 0.249. The van der Waals surface area contributed by atoms with Gasteiger partial charge >= 0.3 is 6.03 Å². The Hall–Kier alpha value is -2.24. The van der Waals surface area contributed by atoms with Crippen molar-refractivity contribution in [2.24, 2.45) is 10.8 Å². The Labute approximate surface area is 92.7 Å². The first-order chi connectivity index (χ1) is 7.54. The number of urea groups is 1. The van der Waals surface area contributed by atoms with E-state index in [0.29, 0.717) is 17.0 Å². The quantitative estimate of drug-likeness (QED) is 0.522. The maximum absolute atomic E-state index is 10.4. The van der Waals surface area contributed by atoms with Crippen LogP contribution in [0.2, 0.25) is 0 Å². The van der Waals surface area contributed by atoms with Gasteiger partial charge in [-0.1, -0.05) is 0 Å². The zero-order valence-corrected chi connectivity index (χ0v) is 9.02. The van der Waals surface area contributed by atoms with Crippen molar-refractivity contribution in [3.63, 3.8) is 0 Å².